The van der Waals surface area contributed by atoms with Crippen molar-refractivity contribution in [1.29, 1.82) is 0 Å². The second kappa shape index (κ2) is 8.10. The van der Waals surface area contributed by atoms with E-state index in [1.165, 1.54) is 7.11 Å². The fraction of sp³-hybridized carbons (Fsp3) is 0.458. The molecule has 2 amide bonds. The lowest BCUT2D eigenvalue weighted by Gasteiger charge is -2.30. The van der Waals surface area contributed by atoms with Crippen LogP contribution < -0.4 is 5.32 Å². The highest BCUT2D eigenvalue weighted by Crippen LogP contribution is 2.58. The van der Waals surface area contributed by atoms with Crippen molar-refractivity contribution in [3.05, 3.63) is 41.9 Å². The minimum absolute atomic E-state index is 0.0650. The largest absolute Gasteiger partial charge is 0.453 e. The maximum Gasteiger partial charge on any atom is 0.407 e. The number of terminal acetylenes is 1. The Bertz CT molecular complexity index is 1010. The first-order chi connectivity index (χ1) is 14.9. The van der Waals surface area contributed by atoms with Crippen LogP contribution in [0.5, 0.6) is 0 Å². The van der Waals surface area contributed by atoms with Gasteiger partial charge in [0.05, 0.1) is 25.0 Å². The van der Waals surface area contributed by atoms with E-state index in [1.54, 1.807) is 6.20 Å². The Morgan fingerprint density at radius 3 is 2.61 bits per heavy atom. The van der Waals surface area contributed by atoms with Crippen LogP contribution >= 0.6 is 0 Å². The van der Waals surface area contributed by atoms with Crippen LogP contribution in [0.2, 0.25) is 0 Å². The average Bonchev–Trinajstić information content (AvgIpc) is 3.18. The molecule has 7 heteroatoms. The summed E-state index contributed by atoms with van der Waals surface area (Å²) >= 11 is 0. The Morgan fingerprint density at radius 1 is 1.32 bits per heavy atom. The number of benzene rings is 1. The number of aromatic nitrogens is 2. The summed E-state index contributed by atoms with van der Waals surface area (Å²) in [5.41, 5.74) is 2.87. The number of carbonyl (C=O) groups excluding carboxylic acids is 2. The molecule has 2 unspecified atom stereocenters. The predicted octanol–water partition coefficient (Wildman–Crippen LogP) is 3.49. The molecule has 2 aliphatic rings. The number of nitrogens with zero attached hydrogens (tertiary/aromatic N) is 2. The first kappa shape index (κ1) is 21.0. The minimum Gasteiger partial charge on any atom is -0.453 e. The van der Waals surface area contributed by atoms with Crippen LogP contribution in [-0.4, -0.2) is 46.6 Å². The van der Waals surface area contributed by atoms with Crippen molar-refractivity contribution >= 4 is 12.0 Å². The van der Waals surface area contributed by atoms with Crippen LogP contribution in [0, 0.1) is 23.7 Å². The number of carbonyl (C=O) groups is 2. The molecule has 2 aromatic rings. The number of amides is 2. The zero-order valence-electron chi connectivity index (χ0n) is 18.1. The van der Waals surface area contributed by atoms with Crippen molar-refractivity contribution < 1.29 is 14.3 Å². The summed E-state index contributed by atoms with van der Waals surface area (Å²) in [5.74, 6) is 3.23. The SMILES string of the molecule is C#Cc1ccc(-c2cnc(C3CC4(CC4)CN3C(=O)C(NC(=O)OC)C(C)C)[nH]2)cc1. The Hall–Kier alpha value is -3.27. The van der Waals surface area contributed by atoms with E-state index in [1.807, 2.05) is 43.0 Å². The van der Waals surface area contributed by atoms with Crippen LogP contribution in [0.15, 0.2) is 30.5 Å². The van der Waals surface area contributed by atoms with Crippen molar-refractivity contribution in [2.24, 2.45) is 11.3 Å². The van der Waals surface area contributed by atoms with Crippen LogP contribution in [0.3, 0.4) is 0 Å². The molecule has 162 valence electrons. The first-order valence-corrected chi connectivity index (χ1v) is 10.6. The molecule has 1 spiro atoms. The van der Waals surface area contributed by atoms with E-state index in [0.29, 0.717) is 6.54 Å². The summed E-state index contributed by atoms with van der Waals surface area (Å²) < 4.78 is 4.73. The number of rotatable bonds is 5. The maximum atomic E-state index is 13.5. The highest BCUT2D eigenvalue weighted by molar-refractivity contribution is 5.86. The summed E-state index contributed by atoms with van der Waals surface area (Å²) in [5, 5.41) is 2.71. The van der Waals surface area contributed by atoms with Gasteiger partial charge in [-0.05, 0) is 48.3 Å². The number of ether oxygens (including phenoxy) is 1. The van der Waals surface area contributed by atoms with Gasteiger partial charge in [0.25, 0.3) is 0 Å². The van der Waals surface area contributed by atoms with Gasteiger partial charge in [-0.3, -0.25) is 4.79 Å². The third-order valence-corrected chi connectivity index (χ3v) is 6.41. The van der Waals surface area contributed by atoms with Crippen molar-refractivity contribution in [2.75, 3.05) is 13.7 Å². The molecule has 0 bridgehead atoms. The lowest BCUT2D eigenvalue weighted by Crippen LogP contribution is -2.51. The molecular weight excluding hydrogens is 392 g/mol. The fourth-order valence-corrected chi connectivity index (χ4v) is 4.35. The molecule has 1 aliphatic carbocycles. The Labute approximate surface area is 182 Å². The van der Waals surface area contributed by atoms with Gasteiger partial charge >= 0.3 is 6.09 Å². The van der Waals surface area contributed by atoms with E-state index in [0.717, 1.165) is 41.9 Å². The second-order valence-corrected chi connectivity index (χ2v) is 8.95. The van der Waals surface area contributed by atoms with Crippen LogP contribution in [0.4, 0.5) is 4.79 Å². The molecular formula is C24H28N4O3. The summed E-state index contributed by atoms with van der Waals surface area (Å²) in [6.07, 6.45) is 9.76. The quantitative estimate of drug-likeness (QED) is 0.725. The van der Waals surface area contributed by atoms with Crippen LogP contribution in [-0.2, 0) is 9.53 Å². The smallest absolute Gasteiger partial charge is 0.407 e. The topological polar surface area (TPSA) is 87.3 Å². The zero-order chi connectivity index (χ0) is 22.2. The normalized spacial score (nSPS) is 19.8. The summed E-state index contributed by atoms with van der Waals surface area (Å²) in [6, 6.07) is 6.92. The number of aromatic amines is 1. The van der Waals surface area contributed by atoms with Gasteiger partial charge in [0.1, 0.15) is 11.9 Å². The molecule has 4 rings (SSSR count). The Balaban J connectivity index is 1.59. The Morgan fingerprint density at radius 2 is 2.03 bits per heavy atom. The second-order valence-electron chi connectivity index (χ2n) is 8.95. The molecule has 2 N–H and O–H groups in total. The van der Waals surface area contributed by atoms with Gasteiger partial charge in [-0.1, -0.05) is 31.9 Å². The zero-order valence-corrected chi connectivity index (χ0v) is 18.1. The summed E-state index contributed by atoms with van der Waals surface area (Å²) in [7, 11) is 1.30. The number of alkyl carbamates (subject to hydrolysis) is 1. The van der Waals surface area contributed by atoms with E-state index in [9.17, 15) is 9.59 Å². The average molecular weight is 421 g/mol. The molecule has 1 saturated carbocycles. The monoisotopic (exact) mass is 420 g/mol. The van der Waals surface area contributed by atoms with E-state index < -0.39 is 12.1 Å². The molecule has 7 nitrogen and oxygen atoms in total. The molecule has 1 saturated heterocycles. The summed E-state index contributed by atoms with van der Waals surface area (Å²) in [4.78, 5) is 35.2. The number of methoxy groups -OCH3 is 1. The van der Waals surface area contributed by atoms with Gasteiger partial charge < -0.3 is 19.9 Å². The number of imidazole rings is 1. The molecule has 0 radical (unpaired) electrons. The van der Waals surface area contributed by atoms with Gasteiger partial charge in [0.15, 0.2) is 0 Å². The lowest BCUT2D eigenvalue weighted by atomic mass is 10.0. The first-order valence-electron chi connectivity index (χ1n) is 10.6. The van der Waals surface area contributed by atoms with Gasteiger partial charge in [-0.2, -0.15) is 0 Å². The van der Waals surface area contributed by atoms with E-state index in [4.69, 9.17) is 11.2 Å². The molecule has 1 aliphatic heterocycles. The molecule has 31 heavy (non-hydrogen) atoms. The predicted molar refractivity (Wildman–Crippen MR) is 117 cm³/mol. The molecule has 1 aromatic heterocycles. The Kier molecular flexibility index (Phi) is 5.48. The third kappa shape index (κ3) is 4.15. The van der Waals surface area contributed by atoms with Gasteiger partial charge in [0.2, 0.25) is 5.91 Å². The van der Waals surface area contributed by atoms with Gasteiger partial charge in [-0.25, -0.2) is 9.78 Å². The number of nitrogens with one attached hydrogen (secondary N) is 2. The number of hydrogen-bond donors (Lipinski definition) is 2. The standard InChI is InChI=1S/C24H28N4O3/c1-5-16-6-8-17(9-7-16)18-13-25-21(26-18)19-12-24(10-11-24)14-28(19)22(29)20(15(2)3)27-23(30)31-4/h1,6-9,13,15,19-20H,10-12,14H2,2-4H3,(H,25,26)(H,27,30). The summed E-state index contributed by atoms with van der Waals surface area (Å²) in [6.45, 7) is 4.53. The van der Waals surface area contributed by atoms with Crippen LogP contribution in [0.25, 0.3) is 11.3 Å². The van der Waals surface area contributed by atoms with E-state index in [2.05, 4.69) is 21.2 Å². The van der Waals surface area contributed by atoms with Crippen LogP contribution in [0.1, 0.15) is 50.5 Å². The number of H-pyrrole nitrogens is 1. The molecule has 2 heterocycles. The fourth-order valence-electron chi connectivity index (χ4n) is 4.35. The molecule has 1 aromatic carbocycles. The van der Waals surface area contributed by atoms with E-state index in [-0.39, 0.29) is 23.3 Å². The maximum absolute atomic E-state index is 13.5. The van der Waals surface area contributed by atoms with Crippen molar-refractivity contribution in [2.45, 2.75) is 45.2 Å². The van der Waals surface area contributed by atoms with Crippen molar-refractivity contribution in [3.63, 3.8) is 0 Å². The minimum atomic E-state index is -0.644. The van der Waals surface area contributed by atoms with Crippen molar-refractivity contribution in [1.82, 2.24) is 20.2 Å². The van der Waals surface area contributed by atoms with E-state index >= 15 is 0 Å². The van der Waals surface area contributed by atoms with Gasteiger partial charge in [0, 0.05) is 12.1 Å². The number of likely N-dealkylation sites (tertiary alicyclic amines) is 1. The van der Waals surface area contributed by atoms with Gasteiger partial charge in [-0.15, -0.1) is 6.42 Å². The van der Waals surface area contributed by atoms with Crippen molar-refractivity contribution in [3.8, 4) is 23.6 Å². The molecule has 2 fully saturated rings. The highest BCUT2D eigenvalue weighted by Gasteiger charge is 2.55. The lowest BCUT2D eigenvalue weighted by molar-refractivity contribution is -0.135. The third-order valence-electron chi connectivity index (χ3n) is 6.41. The molecule has 2 atom stereocenters. The highest BCUT2D eigenvalue weighted by atomic mass is 16.5. The number of hydrogen-bond acceptors (Lipinski definition) is 4.